The van der Waals surface area contributed by atoms with Crippen molar-refractivity contribution in [1.29, 1.82) is 0 Å². The minimum Gasteiger partial charge on any atom is -0.496 e. The molecule has 1 aliphatic rings. The molecule has 1 aromatic rings. The quantitative estimate of drug-likeness (QED) is 0.867. The molecule has 0 spiro atoms. The topological polar surface area (TPSA) is 30.5 Å². The molecule has 20 heavy (non-hydrogen) atoms. The highest BCUT2D eigenvalue weighted by Gasteiger charge is 2.26. The summed E-state index contributed by atoms with van der Waals surface area (Å²) in [6.45, 7) is 7.16. The summed E-state index contributed by atoms with van der Waals surface area (Å²) in [5.41, 5.74) is 2.59. The highest BCUT2D eigenvalue weighted by Crippen LogP contribution is 2.26. The predicted molar refractivity (Wildman–Crippen MR) is 82.4 cm³/mol. The molecule has 3 heteroatoms. The maximum absolute atomic E-state index is 5.69. The van der Waals surface area contributed by atoms with Crippen LogP contribution in [0.15, 0.2) is 18.2 Å². The fourth-order valence-corrected chi connectivity index (χ4v) is 2.95. The molecule has 1 N–H and O–H groups in total. The fraction of sp³-hybridized carbons (Fsp3) is 0.647. The summed E-state index contributed by atoms with van der Waals surface area (Å²) in [6, 6.07) is 6.98. The van der Waals surface area contributed by atoms with Crippen LogP contribution in [0.3, 0.4) is 0 Å². The minimum absolute atomic E-state index is 0.533. The van der Waals surface area contributed by atoms with Crippen molar-refractivity contribution < 1.29 is 9.47 Å². The highest BCUT2D eigenvalue weighted by molar-refractivity contribution is 5.37. The number of hydrogen-bond acceptors (Lipinski definition) is 3. The van der Waals surface area contributed by atoms with Gasteiger partial charge in [0.2, 0.25) is 0 Å². The molecule has 0 amide bonds. The lowest BCUT2D eigenvalue weighted by atomic mass is 9.88. The van der Waals surface area contributed by atoms with Crippen LogP contribution >= 0.6 is 0 Å². The van der Waals surface area contributed by atoms with Gasteiger partial charge in [-0.05, 0) is 44.4 Å². The lowest BCUT2D eigenvalue weighted by Gasteiger charge is -2.32. The molecule has 1 aromatic carbocycles. The molecule has 2 unspecified atom stereocenters. The first-order valence-corrected chi connectivity index (χ1v) is 7.69. The number of benzene rings is 1. The first-order chi connectivity index (χ1) is 9.74. The van der Waals surface area contributed by atoms with Gasteiger partial charge in [0.25, 0.3) is 0 Å². The number of rotatable bonds is 6. The molecule has 0 aliphatic carbocycles. The van der Waals surface area contributed by atoms with Gasteiger partial charge in [-0.2, -0.15) is 0 Å². The molecule has 2 atom stereocenters. The van der Waals surface area contributed by atoms with Crippen LogP contribution in [0, 0.1) is 12.8 Å². The molecule has 0 radical (unpaired) electrons. The first kappa shape index (κ1) is 15.3. The van der Waals surface area contributed by atoms with Crippen molar-refractivity contribution in [3.8, 4) is 5.75 Å². The Morgan fingerprint density at radius 3 is 3.00 bits per heavy atom. The van der Waals surface area contributed by atoms with Gasteiger partial charge >= 0.3 is 0 Å². The van der Waals surface area contributed by atoms with Crippen molar-refractivity contribution in [2.75, 3.05) is 26.9 Å². The van der Waals surface area contributed by atoms with Crippen LogP contribution in [0.4, 0.5) is 0 Å². The zero-order chi connectivity index (χ0) is 14.4. The zero-order valence-corrected chi connectivity index (χ0v) is 12.9. The summed E-state index contributed by atoms with van der Waals surface area (Å²) in [4.78, 5) is 0. The largest absolute Gasteiger partial charge is 0.496 e. The van der Waals surface area contributed by atoms with Crippen molar-refractivity contribution in [1.82, 2.24) is 5.32 Å². The third-order valence-electron chi connectivity index (χ3n) is 4.05. The van der Waals surface area contributed by atoms with Crippen molar-refractivity contribution in [3.63, 3.8) is 0 Å². The normalized spacial score (nSPS) is 22.8. The molecule has 112 valence electrons. The van der Waals surface area contributed by atoms with E-state index in [1.54, 1.807) is 7.11 Å². The Morgan fingerprint density at radius 2 is 2.25 bits per heavy atom. The van der Waals surface area contributed by atoms with Crippen LogP contribution in [-0.2, 0) is 11.2 Å². The first-order valence-electron chi connectivity index (χ1n) is 7.69. The Balaban J connectivity index is 2.07. The van der Waals surface area contributed by atoms with Crippen LogP contribution < -0.4 is 10.1 Å². The van der Waals surface area contributed by atoms with Crippen molar-refractivity contribution in [2.45, 2.75) is 39.2 Å². The molecule has 1 fully saturated rings. The van der Waals surface area contributed by atoms with Gasteiger partial charge in [0.05, 0.1) is 13.7 Å². The van der Waals surface area contributed by atoms with E-state index in [0.717, 1.165) is 38.3 Å². The average molecular weight is 277 g/mol. The summed E-state index contributed by atoms with van der Waals surface area (Å²) >= 11 is 0. The van der Waals surface area contributed by atoms with E-state index < -0.39 is 0 Å². The summed E-state index contributed by atoms with van der Waals surface area (Å²) in [6.07, 6.45) is 3.31. The Morgan fingerprint density at radius 1 is 1.40 bits per heavy atom. The molecular weight excluding hydrogens is 250 g/mol. The van der Waals surface area contributed by atoms with E-state index in [0.29, 0.717) is 12.0 Å². The molecular formula is C17H27NO2. The van der Waals surface area contributed by atoms with Gasteiger partial charge in [0.1, 0.15) is 5.75 Å². The third-order valence-corrected chi connectivity index (χ3v) is 4.05. The van der Waals surface area contributed by atoms with Gasteiger partial charge in [-0.3, -0.25) is 0 Å². The average Bonchev–Trinajstić information content (AvgIpc) is 2.47. The lowest BCUT2D eigenvalue weighted by molar-refractivity contribution is 0.0321. The summed E-state index contributed by atoms with van der Waals surface area (Å²) in [5, 5.41) is 3.67. The van der Waals surface area contributed by atoms with Gasteiger partial charge in [-0.25, -0.2) is 0 Å². The Bertz CT molecular complexity index is 419. The van der Waals surface area contributed by atoms with Gasteiger partial charge in [0, 0.05) is 18.6 Å². The van der Waals surface area contributed by atoms with Crippen molar-refractivity contribution in [2.24, 2.45) is 5.92 Å². The molecule has 0 bridgehead atoms. The third kappa shape index (κ3) is 3.97. The summed E-state index contributed by atoms with van der Waals surface area (Å²) in [5.74, 6) is 1.53. The van der Waals surface area contributed by atoms with Crippen molar-refractivity contribution >= 4 is 0 Å². The zero-order valence-electron chi connectivity index (χ0n) is 12.9. The smallest absolute Gasteiger partial charge is 0.122 e. The molecule has 0 aromatic heterocycles. The van der Waals surface area contributed by atoms with Gasteiger partial charge in [0.15, 0.2) is 0 Å². The summed E-state index contributed by atoms with van der Waals surface area (Å²) < 4.78 is 11.2. The van der Waals surface area contributed by atoms with Gasteiger partial charge < -0.3 is 14.8 Å². The van der Waals surface area contributed by atoms with E-state index in [-0.39, 0.29) is 0 Å². The fourth-order valence-electron chi connectivity index (χ4n) is 2.95. The van der Waals surface area contributed by atoms with Crippen LogP contribution in [0.1, 0.15) is 30.9 Å². The lowest BCUT2D eigenvalue weighted by Crippen LogP contribution is -2.44. The molecule has 3 nitrogen and oxygen atoms in total. The van der Waals surface area contributed by atoms with Crippen LogP contribution in [0.25, 0.3) is 0 Å². The Labute approximate surface area is 122 Å². The maximum atomic E-state index is 5.69. The molecule has 1 heterocycles. The number of methoxy groups -OCH3 is 1. The summed E-state index contributed by atoms with van der Waals surface area (Å²) in [7, 11) is 1.75. The Hall–Kier alpha value is -1.06. The van der Waals surface area contributed by atoms with E-state index >= 15 is 0 Å². The predicted octanol–water partition coefficient (Wildman–Crippen LogP) is 2.95. The monoisotopic (exact) mass is 277 g/mol. The second kappa shape index (κ2) is 7.65. The molecule has 2 rings (SSSR count). The van der Waals surface area contributed by atoms with Crippen molar-refractivity contribution in [3.05, 3.63) is 29.3 Å². The number of ether oxygens (including phenoxy) is 2. The van der Waals surface area contributed by atoms with Crippen LogP contribution in [-0.4, -0.2) is 32.9 Å². The van der Waals surface area contributed by atoms with Crippen LogP contribution in [0.5, 0.6) is 5.75 Å². The van der Waals surface area contributed by atoms with E-state index in [1.807, 2.05) is 0 Å². The molecule has 1 aliphatic heterocycles. The minimum atomic E-state index is 0.533. The van der Waals surface area contributed by atoms with Gasteiger partial charge in [-0.1, -0.05) is 24.6 Å². The van der Waals surface area contributed by atoms with Gasteiger partial charge in [-0.15, -0.1) is 0 Å². The second-order valence-corrected chi connectivity index (χ2v) is 5.70. The molecule has 1 saturated heterocycles. The Kier molecular flexibility index (Phi) is 5.86. The van der Waals surface area contributed by atoms with E-state index in [9.17, 15) is 0 Å². The maximum Gasteiger partial charge on any atom is 0.122 e. The second-order valence-electron chi connectivity index (χ2n) is 5.70. The van der Waals surface area contributed by atoms with Crippen LogP contribution in [0.2, 0.25) is 0 Å². The SMILES string of the molecule is CCCNC1CCOCC1Cc1cc(C)ccc1OC. The number of hydrogen-bond donors (Lipinski definition) is 1. The number of nitrogens with one attached hydrogen (secondary N) is 1. The molecule has 0 saturated carbocycles. The van der Waals surface area contributed by atoms with E-state index in [2.05, 4.69) is 37.4 Å². The highest BCUT2D eigenvalue weighted by atomic mass is 16.5. The van der Waals surface area contributed by atoms with E-state index in [1.165, 1.54) is 17.5 Å². The van der Waals surface area contributed by atoms with E-state index in [4.69, 9.17) is 9.47 Å². The number of aryl methyl sites for hydroxylation is 1. The standard InChI is InChI=1S/C17H27NO2/c1-4-8-18-16-7-9-20-12-15(16)11-14-10-13(2)5-6-17(14)19-3/h5-6,10,15-16,18H,4,7-9,11-12H2,1-3H3.